The molecule has 0 N–H and O–H groups in total. The third-order valence-electron chi connectivity index (χ3n) is 3.88. The minimum atomic E-state index is -0.266. The molecule has 122 valence electrons. The highest BCUT2D eigenvalue weighted by Gasteiger charge is 2.36. The minimum absolute atomic E-state index is 0.0324. The number of anilines is 1. The quantitative estimate of drug-likeness (QED) is 0.705. The van der Waals surface area contributed by atoms with Crippen LogP contribution in [0, 0.1) is 0 Å². The van der Waals surface area contributed by atoms with Gasteiger partial charge in [0.1, 0.15) is 0 Å². The summed E-state index contributed by atoms with van der Waals surface area (Å²) in [6.07, 6.45) is 1.76. The maximum absolute atomic E-state index is 12.6. The van der Waals surface area contributed by atoms with E-state index in [1.54, 1.807) is 6.08 Å². The number of imide groups is 1. The summed E-state index contributed by atoms with van der Waals surface area (Å²) in [5.41, 5.74) is 2.72. The molecule has 4 heteroatoms. The predicted molar refractivity (Wildman–Crippen MR) is 100 cm³/mol. The van der Waals surface area contributed by atoms with E-state index >= 15 is 0 Å². The molecule has 1 heterocycles. The zero-order valence-electron chi connectivity index (χ0n) is 13.9. The molecule has 3 nitrogen and oxygen atoms in total. The molecule has 2 amide bonds. The molecule has 2 aromatic carbocycles. The van der Waals surface area contributed by atoms with E-state index < -0.39 is 0 Å². The fraction of sp³-hybridized carbons (Fsp3) is 0.200. The van der Waals surface area contributed by atoms with Crippen molar-refractivity contribution < 1.29 is 9.59 Å². The van der Waals surface area contributed by atoms with E-state index in [1.807, 2.05) is 54.6 Å². The van der Waals surface area contributed by atoms with Crippen LogP contribution in [0.1, 0.15) is 31.9 Å². The topological polar surface area (TPSA) is 37.4 Å². The Balaban J connectivity index is 1.88. The first-order chi connectivity index (χ1) is 11.4. The molecule has 1 aliphatic heterocycles. The summed E-state index contributed by atoms with van der Waals surface area (Å²) < 4.78 is 0. The molecule has 0 atom stereocenters. The number of nitrogens with zero attached hydrogens (tertiary/aromatic N) is 1. The lowest BCUT2D eigenvalue weighted by Crippen LogP contribution is -2.27. The van der Waals surface area contributed by atoms with E-state index in [4.69, 9.17) is 0 Å². The minimum Gasteiger partial charge on any atom is -0.268 e. The summed E-state index contributed by atoms with van der Waals surface area (Å²) in [6.45, 7) is 6.39. The van der Waals surface area contributed by atoms with Gasteiger partial charge in [0, 0.05) is 0 Å². The third-order valence-corrected chi connectivity index (χ3v) is 4.75. The fourth-order valence-electron chi connectivity index (χ4n) is 2.50. The Morgan fingerprint density at radius 1 is 0.917 bits per heavy atom. The highest BCUT2D eigenvalue weighted by molar-refractivity contribution is 8.19. The van der Waals surface area contributed by atoms with Gasteiger partial charge in [-0.1, -0.05) is 63.2 Å². The Morgan fingerprint density at radius 3 is 2.12 bits per heavy atom. The molecule has 3 rings (SSSR count). The molecule has 0 aliphatic carbocycles. The molecule has 0 spiro atoms. The van der Waals surface area contributed by atoms with Gasteiger partial charge in [-0.2, -0.15) is 0 Å². The summed E-state index contributed by atoms with van der Waals surface area (Å²) in [6, 6.07) is 17.2. The maximum atomic E-state index is 12.6. The maximum Gasteiger partial charge on any atom is 0.298 e. The summed E-state index contributed by atoms with van der Waals surface area (Å²) in [5.74, 6) is -0.266. The number of carbonyl (C=O) groups excluding carboxylic acids is 2. The summed E-state index contributed by atoms with van der Waals surface area (Å²) in [4.78, 5) is 26.6. The lowest BCUT2D eigenvalue weighted by atomic mass is 9.87. The van der Waals surface area contributed by atoms with Gasteiger partial charge < -0.3 is 0 Å². The van der Waals surface area contributed by atoms with Crippen LogP contribution in [0.25, 0.3) is 6.08 Å². The monoisotopic (exact) mass is 337 g/mol. The van der Waals surface area contributed by atoms with Crippen molar-refractivity contribution in [1.82, 2.24) is 0 Å². The zero-order chi connectivity index (χ0) is 17.3. The van der Waals surface area contributed by atoms with Gasteiger partial charge >= 0.3 is 0 Å². The average Bonchev–Trinajstić information content (AvgIpc) is 2.82. The van der Waals surface area contributed by atoms with Gasteiger partial charge in [0.25, 0.3) is 11.1 Å². The molecular formula is C20H19NO2S. The first-order valence-corrected chi connectivity index (χ1v) is 8.61. The molecular weight excluding hydrogens is 318 g/mol. The number of amides is 2. The van der Waals surface area contributed by atoms with E-state index in [0.29, 0.717) is 10.6 Å². The zero-order valence-corrected chi connectivity index (χ0v) is 14.8. The van der Waals surface area contributed by atoms with Crippen LogP contribution in [0.3, 0.4) is 0 Å². The highest BCUT2D eigenvalue weighted by atomic mass is 32.2. The second-order valence-electron chi connectivity index (χ2n) is 6.72. The van der Waals surface area contributed by atoms with Crippen molar-refractivity contribution in [1.29, 1.82) is 0 Å². The van der Waals surface area contributed by atoms with Crippen LogP contribution in [0.4, 0.5) is 10.5 Å². The summed E-state index contributed by atoms with van der Waals surface area (Å²) in [7, 11) is 0. The first-order valence-electron chi connectivity index (χ1n) is 7.80. The van der Waals surface area contributed by atoms with Crippen molar-refractivity contribution in [2.24, 2.45) is 0 Å². The van der Waals surface area contributed by atoms with Crippen molar-refractivity contribution >= 4 is 34.7 Å². The van der Waals surface area contributed by atoms with Crippen molar-refractivity contribution in [2.45, 2.75) is 26.2 Å². The van der Waals surface area contributed by atoms with Crippen LogP contribution >= 0.6 is 11.8 Å². The van der Waals surface area contributed by atoms with Gasteiger partial charge in [-0.3, -0.25) is 9.59 Å². The Kier molecular flexibility index (Phi) is 4.33. The molecule has 0 aromatic heterocycles. The van der Waals surface area contributed by atoms with Crippen molar-refractivity contribution in [3.8, 4) is 0 Å². The molecule has 24 heavy (non-hydrogen) atoms. The van der Waals surface area contributed by atoms with Crippen LogP contribution in [-0.2, 0) is 10.2 Å². The third kappa shape index (κ3) is 3.29. The Morgan fingerprint density at radius 2 is 1.54 bits per heavy atom. The molecule has 0 radical (unpaired) electrons. The molecule has 0 saturated carbocycles. The van der Waals surface area contributed by atoms with Gasteiger partial charge in [0.15, 0.2) is 0 Å². The second-order valence-corrected chi connectivity index (χ2v) is 7.72. The van der Waals surface area contributed by atoms with Crippen LogP contribution in [0.5, 0.6) is 0 Å². The van der Waals surface area contributed by atoms with Crippen molar-refractivity contribution in [3.63, 3.8) is 0 Å². The molecule has 0 bridgehead atoms. The summed E-state index contributed by atoms with van der Waals surface area (Å²) in [5, 5.41) is -0.259. The Hall–Kier alpha value is -2.33. The summed E-state index contributed by atoms with van der Waals surface area (Å²) >= 11 is 0.980. The van der Waals surface area contributed by atoms with Gasteiger partial charge in [-0.25, -0.2) is 4.90 Å². The van der Waals surface area contributed by atoms with Gasteiger partial charge in [0.2, 0.25) is 0 Å². The lowest BCUT2D eigenvalue weighted by molar-refractivity contribution is -0.113. The molecule has 1 aliphatic rings. The number of benzene rings is 2. The number of rotatable bonds is 2. The molecule has 1 fully saturated rings. The van der Waals surface area contributed by atoms with E-state index in [9.17, 15) is 9.59 Å². The first kappa shape index (κ1) is 16.5. The van der Waals surface area contributed by atoms with E-state index in [-0.39, 0.29) is 16.6 Å². The van der Waals surface area contributed by atoms with Gasteiger partial charge in [-0.15, -0.1) is 0 Å². The van der Waals surface area contributed by atoms with E-state index in [1.165, 1.54) is 4.90 Å². The van der Waals surface area contributed by atoms with Gasteiger partial charge in [-0.05, 0) is 46.5 Å². The Bertz CT molecular complexity index is 802. The number of thioether (sulfide) groups is 1. The second kappa shape index (κ2) is 6.29. The largest absolute Gasteiger partial charge is 0.298 e. The van der Waals surface area contributed by atoms with Crippen LogP contribution in [-0.4, -0.2) is 11.1 Å². The average molecular weight is 337 g/mol. The van der Waals surface area contributed by atoms with Crippen LogP contribution in [0.2, 0.25) is 0 Å². The van der Waals surface area contributed by atoms with E-state index in [0.717, 1.165) is 22.9 Å². The van der Waals surface area contributed by atoms with E-state index in [2.05, 4.69) is 20.8 Å². The highest BCUT2D eigenvalue weighted by Crippen LogP contribution is 2.36. The smallest absolute Gasteiger partial charge is 0.268 e. The lowest BCUT2D eigenvalue weighted by Gasteiger charge is -2.20. The number of hydrogen-bond donors (Lipinski definition) is 0. The molecule has 0 unspecified atom stereocenters. The van der Waals surface area contributed by atoms with Crippen molar-refractivity contribution in [2.75, 3.05) is 4.90 Å². The van der Waals surface area contributed by atoms with Crippen LogP contribution < -0.4 is 4.90 Å². The standard InChI is InChI=1S/C20H19NO2S/c1-20(2,3)15-9-11-16(12-10-15)21-18(22)17(24-19(21)23)13-14-7-5-4-6-8-14/h4-13H,1-3H3/b17-13+. The van der Waals surface area contributed by atoms with Gasteiger partial charge in [0.05, 0.1) is 10.6 Å². The van der Waals surface area contributed by atoms with Crippen molar-refractivity contribution in [3.05, 3.63) is 70.6 Å². The van der Waals surface area contributed by atoms with Crippen LogP contribution in [0.15, 0.2) is 59.5 Å². The Labute approximate surface area is 146 Å². The SMILES string of the molecule is CC(C)(C)c1ccc(N2C(=O)S/C(=C/c3ccccc3)C2=O)cc1. The normalized spacial score (nSPS) is 17.0. The molecule has 1 saturated heterocycles. The number of carbonyl (C=O) groups is 2. The fourth-order valence-corrected chi connectivity index (χ4v) is 3.34. The molecule has 2 aromatic rings. The number of hydrogen-bond acceptors (Lipinski definition) is 3. The predicted octanol–water partition coefficient (Wildman–Crippen LogP) is 5.23.